The summed E-state index contributed by atoms with van der Waals surface area (Å²) in [5.74, 6) is -0.854. The summed E-state index contributed by atoms with van der Waals surface area (Å²) in [6.07, 6.45) is 1.11. The minimum atomic E-state index is -0.465. The van der Waals surface area contributed by atoms with Crippen molar-refractivity contribution in [2.45, 2.75) is 13.3 Å². The molecule has 0 radical (unpaired) electrons. The SMILES string of the molecule is CCOC(=O)Cc1cc(F)cnc1Br. The van der Waals surface area contributed by atoms with Crippen molar-refractivity contribution < 1.29 is 13.9 Å². The number of carbonyl (C=O) groups is 1. The van der Waals surface area contributed by atoms with Gasteiger partial charge in [-0.1, -0.05) is 0 Å². The van der Waals surface area contributed by atoms with Crippen LogP contribution in [0.1, 0.15) is 12.5 Å². The second-order valence-electron chi connectivity index (χ2n) is 2.59. The third-order valence-electron chi connectivity index (χ3n) is 1.52. The molecule has 0 aliphatic heterocycles. The number of hydrogen-bond donors (Lipinski definition) is 0. The molecule has 14 heavy (non-hydrogen) atoms. The van der Waals surface area contributed by atoms with Crippen molar-refractivity contribution in [2.24, 2.45) is 0 Å². The largest absolute Gasteiger partial charge is 0.466 e. The van der Waals surface area contributed by atoms with Crippen LogP contribution in [-0.4, -0.2) is 17.6 Å². The maximum Gasteiger partial charge on any atom is 0.310 e. The molecular formula is C9H9BrFNO2. The number of pyridine rings is 1. The van der Waals surface area contributed by atoms with Gasteiger partial charge in [0.25, 0.3) is 0 Å². The van der Waals surface area contributed by atoms with E-state index in [2.05, 4.69) is 20.9 Å². The molecule has 1 rings (SSSR count). The number of rotatable bonds is 3. The molecule has 76 valence electrons. The Morgan fingerprint density at radius 2 is 2.43 bits per heavy atom. The summed E-state index contributed by atoms with van der Waals surface area (Å²) in [4.78, 5) is 14.8. The lowest BCUT2D eigenvalue weighted by atomic mass is 10.2. The Bertz CT molecular complexity index is 344. The minimum Gasteiger partial charge on any atom is -0.466 e. The van der Waals surface area contributed by atoms with Gasteiger partial charge >= 0.3 is 5.97 Å². The van der Waals surface area contributed by atoms with Crippen LogP contribution in [0.15, 0.2) is 16.9 Å². The van der Waals surface area contributed by atoms with Gasteiger partial charge in [0.1, 0.15) is 10.4 Å². The molecule has 1 aromatic rings. The first-order valence-corrected chi connectivity index (χ1v) is 4.88. The molecule has 1 aromatic heterocycles. The van der Waals surface area contributed by atoms with Crippen LogP contribution in [0.2, 0.25) is 0 Å². The highest BCUT2D eigenvalue weighted by Crippen LogP contribution is 2.15. The Labute approximate surface area is 89.4 Å². The Hall–Kier alpha value is -0.970. The number of halogens is 2. The first kappa shape index (κ1) is 11.1. The quantitative estimate of drug-likeness (QED) is 0.618. The van der Waals surface area contributed by atoms with Gasteiger partial charge in [-0.25, -0.2) is 9.37 Å². The van der Waals surface area contributed by atoms with Crippen molar-refractivity contribution >= 4 is 21.9 Å². The second kappa shape index (κ2) is 5.05. The number of hydrogen-bond acceptors (Lipinski definition) is 3. The zero-order valence-electron chi connectivity index (χ0n) is 7.59. The summed E-state index contributed by atoms with van der Waals surface area (Å²) < 4.78 is 17.9. The monoisotopic (exact) mass is 261 g/mol. The Morgan fingerprint density at radius 1 is 1.71 bits per heavy atom. The molecule has 0 saturated carbocycles. The highest BCUT2D eigenvalue weighted by atomic mass is 79.9. The van der Waals surface area contributed by atoms with Crippen molar-refractivity contribution in [3.8, 4) is 0 Å². The van der Waals surface area contributed by atoms with Crippen LogP contribution in [0, 0.1) is 5.82 Å². The lowest BCUT2D eigenvalue weighted by Gasteiger charge is -2.03. The fraction of sp³-hybridized carbons (Fsp3) is 0.333. The molecule has 0 N–H and O–H groups in total. The molecule has 0 spiro atoms. The van der Waals surface area contributed by atoms with Gasteiger partial charge in [-0.2, -0.15) is 0 Å². The molecule has 0 aromatic carbocycles. The molecule has 0 unspecified atom stereocenters. The van der Waals surface area contributed by atoms with Gasteiger partial charge in [-0.3, -0.25) is 4.79 Å². The molecular weight excluding hydrogens is 253 g/mol. The van der Waals surface area contributed by atoms with Crippen LogP contribution in [-0.2, 0) is 16.0 Å². The van der Waals surface area contributed by atoms with Crippen LogP contribution in [0.4, 0.5) is 4.39 Å². The van der Waals surface area contributed by atoms with E-state index in [-0.39, 0.29) is 12.4 Å². The van der Waals surface area contributed by atoms with E-state index in [1.165, 1.54) is 6.07 Å². The van der Waals surface area contributed by atoms with Crippen LogP contribution in [0.3, 0.4) is 0 Å². The molecule has 0 saturated heterocycles. The molecule has 5 heteroatoms. The Kier molecular flexibility index (Phi) is 4.00. The van der Waals surface area contributed by atoms with E-state index in [1.807, 2.05) is 0 Å². The van der Waals surface area contributed by atoms with Gasteiger partial charge in [0, 0.05) is 0 Å². The van der Waals surface area contributed by atoms with E-state index in [0.717, 1.165) is 6.20 Å². The first-order valence-electron chi connectivity index (χ1n) is 4.09. The van der Waals surface area contributed by atoms with Crippen LogP contribution in [0.5, 0.6) is 0 Å². The average Bonchev–Trinajstić information content (AvgIpc) is 2.12. The Balaban J connectivity index is 2.75. The number of esters is 1. The molecule has 0 aliphatic carbocycles. The van der Waals surface area contributed by atoms with E-state index in [1.54, 1.807) is 6.92 Å². The lowest BCUT2D eigenvalue weighted by molar-refractivity contribution is -0.142. The van der Waals surface area contributed by atoms with Crippen molar-refractivity contribution in [2.75, 3.05) is 6.61 Å². The highest BCUT2D eigenvalue weighted by molar-refractivity contribution is 9.10. The lowest BCUT2D eigenvalue weighted by Crippen LogP contribution is -2.08. The van der Waals surface area contributed by atoms with E-state index < -0.39 is 5.82 Å². The first-order chi connectivity index (χ1) is 6.63. The standard InChI is InChI=1S/C9H9BrFNO2/c1-2-14-8(13)4-6-3-7(11)5-12-9(6)10/h3,5H,2,4H2,1H3. The number of ether oxygens (including phenoxy) is 1. The fourth-order valence-electron chi connectivity index (χ4n) is 0.956. The third kappa shape index (κ3) is 3.06. The van der Waals surface area contributed by atoms with Gasteiger partial charge in [0.05, 0.1) is 19.2 Å². The van der Waals surface area contributed by atoms with Gasteiger partial charge in [-0.05, 0) is 34.5 Å². The summed E-state index contributed by atoms with van der Waals surface area (Å²) >= 11 is 3.12. The Morgan fingerprint density at radius 3 is 3.07 bits per heavy atom. The van der Waals surface area contributed by atoms with Gasteiger partial charge < -0.3 is 4.74 Å². The zero-order valence-corrected chi connectivity index (χ0v) is 9.17. The van der Waals surface area contributed by atoms with Crippen LogP contribution in [0.25, 0.3) is 0 Å². The number of aromatic nitrogens is 1. The smallest absolute Gasteiger partial charge is 0.310 e. The number of nitrogens with zero attached hydrogens (tertiary/aromatic N) is 1. The molecule has 0 aliphatic rings. The maximum atomic E-state index is 12.7. The van der Waals surface area contributed by atoms with Crippen molar-refractivity contribution in [1.29, 1.82) is 0 Å². The predicted molar refractivity (Wildman–Crippen MR) is 52.2 cm³/mol. The normalized spacial score (nSPS) is 9.93. The molecule has 0 fully saturated rings. The van der Waals surface area contributed by atoms with E-state index >= 15 is 0 Å². The topological polar surface area (TPSA) is 39.2 Å². The van der Waals surface area contributed by atoms with Crippen molar-refractivity contribution in [3.63, 3.8) is 0 Å². The average molecular weight is 262 g/mol. The van der Waals surface area contributed by atoms with Gasteiger partial charge in [0.2, 0.25) is 0 Å². The maximum absolute atomic E-state index is 12.7. The van der Waals surface area contributed by atoms with Crippen molar-refractivity contribution in [3.05, 3.63) is 28.2 Å². The summed E-state index contributed by atoms with van der Waals surface area (Å²) in [7, 11) is 0. The van der Waals surface area contributed by atoms with Crippen LogP contribution >= 0.6 is 15.9 Å². The molecule has 0 amide bonds. The zero-order chi connectivity index (χ0) is 10.6. The summed E-state index contributed by atoms with van der Waals surface area (Å²) in [5, 5.41) is 0. The van der Waals surface area contributed by atoms with E-state index in [0.29, 0.717) is 16.8 Å². The second-order valence-corrected chi connectivity index (χ2v) is 3.34. The predicted octanol–water partition coefficient (Wildman–Crippen LogP) is 2.09. The minimum absolute atomic E-state index is 0.0270. The molecule has 0 atom stereocenters. The molecule has 0 bridgehead atoms. The van der Waals surface area contributed by atoms with E-state index in [9.17, 15) is 9.18 Å². The van der Waals surface area contributed by atoms with Gasteiger partial charge in [-0.15, -0.1) is 0 Å². The number of carbonyl (C=O) groups excluding carboxylic acids is 1. The summed E-state index contributed by atoms with van der Waals surface area (Å²) in [5.41, 5.74) is 0.489. The fourth-order valence-corrected chi connectivity index (χ4v) is 1.31. The summed E-state index contributed by atoms with van der Waals surface area (Å²) in [6, 6.07) is 1.26. The van der Waals surface area contributed by atoms with E-state index in [4.69, 9.17) is 4.74 Å². The molecule has 3 nitrogen and oxygen atoms in total. The van der Waals surface area contributed by atoms with Crippen molar-refractivity contribution in [1.82, 2.24) is 4.98 Å². The summed E-state index contributed by atoms with van der Waals surface area (Å²) in [6.45, 7) is 2.04. The van der Waals surface area contributed by atoms with Crippen LogP contribution < -0.4 is 0 Å². The van der Waals surface area contributed by atoms with Gasteiger partial charge in [0.15, 0.2) is 0 Å². The highest BCUT2D eigenvalue weighted by Gasteiger charge is 2.09. The third-order valence-corrected chi connectivity index (χ3v) is 2.23. The molecule has 1 heterocycles.